The Morgan fingerprint density at radius 1 is 0.553 bits per heavy atom. The maximum atomic E-state index is 16.2. The van der Waals surface area contributed by atoms with E-state index in [0.29, 0.717) is 38.5 Å². The van der Waals surface area contributed by atoms with E-state index in [1.54, 1.807) is 6.92 Å². The molecule has 103 heavy (non-hydrogen) atoms. The fourth-order valence-corrected chi connectivity index (χ4v) is 19.5. The number of carbonyl (C=O) groups excluding carboxylic acids is 5. The molecule has 34 nitrogen and oxygen atoms in total. The minimum absolute atomic E-state index is 0.0269. The Hall–Kier alpha value is -3.71. The van der Waals surface area contributed by atoms with E-state index in [2.05, 4.69) is 40.7 Å². The van der Waals surface area contributed by atoms with Crippen LogP contribution in [-0.4, -0.2) is 313 Å². The van der Waals surface area contributed by atoms with Gasteiger partial charge in [0.2, 0.25) is 6.29 Å². The summed E-state index contributed by atoms with van der Waals surface area (Å²) in [6.07, 6.45) is -45.7. The predicted molar refractivity (Wildman–Crippen MR) is 339 cm³/mol. The van der Waals surface area contributed by atoms with Crippen LogP contribution >= 0.6 is 0 Å². The maximum Gasteiger partial charge on any atom is 0.337 e. The van der Waals surface area contributed by atoms with Gasteiger partial charge in [0, 0.05) is 13.8 Å². The zero-order valence-corrected chi connectivity index (χ0v) is 59.6. The van der Waals surface area contributed by atoms with E-state index in [0.717, 1.165) is 32.8 Å². The van der Waals surface area contributed by atoms with Gasteiger partial charge in [-0.3, -0.25) is 14.4 Å². The number of aliphatic hydroxyl groups is 14. The normalized spacial score (nSPS) is 51.8. The Labute approximate surface area is 594 Å². The van der Waals surface area contributed by atoms with Gasteiger partial charge in [-0.05, 0) is 111 Å². The van der Waals surface area contributed by atoms with Gasteiger partial charge in [0.1, 0.15) is 122 Å². The Bertz CT molecular complexity index is 3070. The maximum absolute atomic E-state index is 16.2. The molecule has 0 aromatic heterocycles. The molecule has 0 aromatic carbocycles. The van der Waals surface area contributed by atoms with Crippen LogP contribution in [0.15, 0.2) is 11.6 Å². The standard InChI is InChI=1S/C69H106O34/c1-26-50(98-57-46(83)39(76)32(74)23-91-57)45(82)49(86)58(92-26)102-55-54(101-59-47(84)41(78)34(96-59)24-90-28(3)72)51(94-29(4)73)27(2)93-62(55)103-63(88)69-19-18-64(5,6)20-31(69)30-12-13-36-65(7)16-15-38(66(8,25-71)35(65)14-17-67(36,9)68(30,10)21-37(69)75)97-61-53(44(81)43(80)52(99-61)56(87)89-11)100-60-48(85)42(79)40(77)33(22-70)95-60/h12,25-27,31-55,57-62,70,74-86H,13-24H2,1-11H3/t26-,27+,31-,32+,33+,34-,35+,36+,37+,38-,39-,40-,41-,42-,43-,44-,45-,46+,47+,48+,49+,50-,51-,52-,53+,54-,55+,57-,58-,59-,60-,61+,62-,65-,66-,67+,68+,69+/m0/s1. The van der Waals surface area contributed by atoms with Crippen molar-refractivity contribution in [3.63, 3.8) is 0 Å². The number of ether oxygens (including phenoxy) is 15. The van der Waals surface area contributed by atoms with Crippen LogP contribution in [0, 0.1) is 50.2 Å². The van der Waals surface area contributed by atoms with Crippen molar-refractivity contribution in [3.8, 4) is 0 Å². The molecule has 14 N–H and O–H groups in total. The van der Waals surface area contributed by atoms with Crippen LogP contribution in [0.25, 0.3) is 0 Å². The number of aliphatic hydroxyl groups excluding tert-OH is 14. The van der Waals surface area contributed by atoms with Gasteiger partial charge in [-0.2, -0.15) is 0 Å². The number of aldehydes is 1. The molecular weight excluding hydrogens is 1370 g/mol. The molecule has 38 atom stereocenters. The predicted octanol–water partition coefficient (Wildman–Crippen LogP) is -3.58. The minimum Gasteiger partial charge on any atom is -0.467 e. The van der Waals surface area contributed by atoms with Gasteiger partial charge in [0.15, 0.2) is 49.8 Å². The molecule has 5 aliphatic carbocycles. The third-order valence-corrected chi connectivity index (χ3v) is 25.5. The summed E-state index contributed by atoms with van der Waals surface area (Å²) >= 11 is 0. The van der Waals surface area contributed by atoms with E-state index >= 15 is 4.79 Å². The molecule has 0 radical (unpaired) electrons. The van der Waals surface area contributed by atoms with Crippen LogP contribution in [0.2, 0.25) is 0 Å². The SMILES string of the molecule is COC(=O)[C@H]1O[C@@H](O[C@H]2CC[C@]3(C)[C@H]4CC=C5[C@@H]6CC(C)(C)CC[C@]6(C(=O)O[C@@H]6O[C@H](C)[C@H](OC(C)=O)[C@H](O[C@@H]7O[C@@H](COC(C)=O)[C@H](O)[C@H]7O)[C@H]6O[C@@H]6O[C@@H](C)[C@H](O[C@@H]7OC[C@@H](O)[C@H](O)[C@H]7O)[C@@H](O)[C@H]6O)[C@H](O)C[C@@]5(C)[C@]4(C)CC[C@H]3[C@]2(C)C=O)[C@H](O[C@@H]2O[C@H](CO)[C@H](O)[C@H](O)[C@H]2O)[C@@H](O)[C@@H]1O. The molecule has 0 aromatic rings. The molecule has 6 saturated heterocycles. The first-order chi connectivity index (χ1) is 48.3. The average Bonchev–Trinajstić information content (AvgIpc) is 0.800. The molecular formula is C69H106O34. The van der Waals surface area contributed by atoms with Crippen LogP contribution in [0.5, 0.6) is 0 Å². The number of carbonyl (C=O) groups is 5. The van der Waals surface area contributed by atoms with Crippen LogP contribution in [0.4, 0.5) is 0 Å². The summed E-state index contributed by atoms with van der Waals surface area (Å²) in [5.74, 6) is -4.99. The van der Waals surface area contributed by atoms with Gasteiger partial charge in [0.05, 0.1) is 50.2 Å². The Morgan fingerprint density at radius 3 is 1.79 bits per heavy atom. The second-order valence-corrected chi connectivity index (χ2v) is 32.1. The van der Waals surface area contributed by atoms with Gasteiger partial charge in [-0.25, -0.2) is 4.79 Å². The number of hydrogen-bond donors (Lipinski definition) is 14. The lowest BCUT2D eigenvalue weighted by Crippen LogP contribution is -2.69. The molecule has 4 saturated carbocycles. The zero-order chi connectivity index (χ0) is 75.4. The highest BCUT2D eigenvalue weighted by atomic mass is 16.8. The minimum atomic E-state index is -2.09. The quantitative estimate of drug-likeness (QED) is 0.0207. The number of esters is 4. The first kappa shape index (κ1) is 80.3. The van der Waals surface area contributed by atoms with Gasteiger partial charge < -0.3 is 147 Å². The van der Waals surface area contributed by atoms with E-state index in [1.807, 2.05) is 0 Å². The second-order valence-electron chi connectivity index (χ2n) is 32.1. The van der Waals surface area contributed by atoms with Crippen LogP contribution in [-0.2, 0) is 95.0 Å². The number of rotatable bonds is 18. The van der Waals surface area contributed by atoms with Crippen molar-refractivity contribution >= 4 is 30.2 Å². The highest BCUT2D eigenvalue weighted by molar-refractivity contribution is 5.80. The third-order valence-electron chi connectivity index (χ3n) is 25.5. The van der Waals surface area contributed by atoms with E-state index in [4.69, 9.17) is 71.1 Å². The molecule has 586 valence electrons. The summed E-state index contributed by atoms with van der Waals surface area (Å²) in [5.41, 5.74) is -4.76. The van der Waals surface area contributed by atoms with Crippen molar-refractivity contribution in [1.82, 2.24) is 0 Å². The van der Waals surface area contributed by atoms with Gasteiger partial charge in [-0.1, -0.05) is 53.2 Å². The van der Waals surface area contributed by atoms with Gasteiger partial charge in [0.25, 0.3) is 0 Å². The molecule has 0 unspecified atom stereocenters. The molecule has 10 fully saturated rings. The summed E-state index contributed by atoms with van der Waals surface area (Å²) in [6, 6.07) is 0. The van der Waals surface area contributed by atoms with Crippen molar-refractivity contribution in [2.45, 2.75) is 311 Å². The topological polar surface area (TPSA) is 507 Å². The van der Waals surface area contributed by atoms with Gasteiger partial charge in [-0.15, -0.1) is 0 Å². The first-order valence-corrected chi connectivity index (χ1v) is 35.7. The van der Waals surface area contributed by atoms with E-state index < -0.39 is 272 Å². The highest BCUT2D eigenvalue weighted by Crippen LogP contribution is 2.76. The zero-order valence-electron chi connectivity index (χ0n) is 59.6. The van der Waals surface area contributed by atoms with Gasteiger partial charge >= 0.3 is 23.9 Å². The lowest BCUT2D eigenvalue weighted by molar-refractivity contribution is -0.382. The lowest BCUT2D eigenvalue weighted by Gasteiger charge is -2.71. The fraction of sp³-hybridized carbons (Fsp3) is 0.899. The summed E-state index contributed by atoms with van der Waals surface area (Å²) in [7, 11) is 1.04. The van der Waals surface area contributed by atoms with Crippen LogP contribution < -0.4 is 0 Å². The molecule has 11 rings (SSSR count). The largest absolute Gasteiger partial charge is 0.467 e. The first-order valence-electron chi connectivity index (χ1n) is 35.7. The summed E-state index contributed by atoms with van der Waals surface area (Å²) < 4.78 is 89.7. The smallest absolute Gasteiger partial charge is 0.337 e. The van der Waals surface area contributed by atoms with E-state index in [-0.39, 0.29) is 25.2 Å². The fourth-order valence-electron chi connectivity index (χ4n) is 19.5. The Kier molecular flexibility index (Phi) is 23.6. The highest BCUT2D eigenvalue weighted by Gasteiger charge is 2.73. The van der Waals surface area contributed by atoms with Crippen molar-refractivity contribution < 1.29 is 167 Å². The Morgan fingerprint density at radius 2 is 1.14 bits per heavy atom. The molecule has 34 heteroatoms. The molecule has 0 amide bonds. The van der Waals surface area contributed by atoms with Crippen LogP contribution in [0.1, 0.15) is 127 Å². The summed E-state index contributed by atoms with van der Waals surface area (Å²) in [6.45, 7) is 15.6. The average molecular weight is 1480 g/mol. The van der Waals surface area contributed by atoms with E-state index in [1.165, 1.54) is 13.8 Å². The number of fused-ring (bicyclic) bond motifs is 7. The molecule has 6 heterocycles. The summed E-state index contributed by atoms with van der Waals surface area (Å²) in [4.78, 5) is 68.4. The monoisotopic (exact) mass is 1480 g/mol. The van der Waals surface area contributed by atoms with Crippen molar-refractivity contribution in [2.24, 2.45) is 50.2 Å². The number of allylic oxidation sites excluding steroid dienone is 2. The third kappa shape index (κ3) is 14.1. The summed E-state index contributed by atoms with van der Waals surface area (Å²) in [5, 5.41) is 156. The second kappa shape index (κ2) is 30.3. The molecule has 0 spiro atoms. The van der Waals surface area contributed by atoms with Crippen molar-refractivity contribution in [3.05, 3.63) is 11.6 Å². The molecule has 6 aliphatic heterocycles. The van der Waals surface area contributed by atoms with E-state index in [9.17, 15) is 90.7 Å². The molecule has 0 bridgehead atoms. The van der Waals surface area contributed by atoms with Crippen LogP contribution in [0.3, 0.4) is 0 Å². The van der Waals surface area contributed by atoms with Crippen molar-refractivity contribution in [2.75, 3.05) is 26.9 Å². The van der Waals surface area contributed by atoms with Crippen molar-refractivity contribution in [1.29, 1.82) is 0 Å². The Balaban J connectivity index is 0.895. The molecule has 11 aliphatic rings. The lowest BCUT2D eigenvalue weighted by atomic mass is 9.33. The number of methoxy groups -OCH3 is 1. The number of hydrogen-bond acceptors (Lipinski definition) is 34.